The van der Waals surface area contributed by atoms with Crippen molar-refractivity contribution >= 4 is 22.5 Å². The minimum atomic E-state index is -0.0442. The number of para-hydroxylation sites is 1. The van der Waals surface area contributed by atoms with E-state index in [1.165, 1.54) is 6.20 Å². The number of amides is 1. The summed E-state index contributed by atoms with van der Waals surface area (Å²) in [5, 5.41) is 16.0. The molecule has 2 aromatic rings. The Morgan fingerprint density at radius 2 is 2.20 bits per heavy atom. The van der Waals surface area contributed by atoms with Crippen molar-refractivity contribution in [2.75, 3.05) is 11.9 Å². The third kappa shape index (κ3) is 2.54. The maximum absolute atomic E-state index is 11.7. The summed E-state index contributed by atoms with van der Waals surface area (Å²) in [5.74, 6) is -0.0442. The lowest BCUT2D eigenvalue weighted by atomic mass is 10.1. The summed E-state index contributed by atoms with van der Waals surface area (Å²) in [7, 11) is 0. The van der Waals surface area contributed by atoms with Gasteiger partial charge in [0.15, 0.2) is 0 Å². The quantitative estimate of drug-likeness (QED) is 0.884. The zero-order valence-corrected chi connectivity index (χ0v) is 10.9. The molecule has 2 N–H and O–H groups in total. The lowest BCUT2D eigenvalue weighted by Crippen LogP contribution is -2.31. The van der Waals surface area contributed by atoms with Gasteiger partial charge in [-0.05, 0) is 18.9 Å². The molecule has 3 rings (SSSR count). The van der Waals surface area contributed by atoms with Crippen LogP contribution in [0, 0.1) is 11.3 Å². The first kappa shape index (κ1) is 12.4. The summed E-state index contributed by atoms with van der Waals surface area (Å²) in [4.78, 5) is 16.0. The fraction of sp³-hybridized carbons (Fsp3) is 0.267. The van der Waals surface area contributed by atoms with Crippen molar-refractivity contribution < 1.29 is 4.79 Å². The Morgan fingerprint density at radius 3 is 2.95 bits per heavy atom. The number of aromatic nitrogens is 1. The summed E-state index contributed by atoms with van der Waals surface area (Å²) in [6.45, 7) is 0.166. The van der Waals surface area contributed by atoms with Crippen LogP contribution in [-0.4, -0.2) is 23.5 Å². The maximum Gasteiger partial charge on any atom is 0.239 e. The Hall–Kier alpha value is -2.61. The Labute approximate surface area is 116 Å². The van der Waals surface area contributed by atoms with Crippen molar-refractivity contribution in [1.82, 2.24) is 10.3 Å². The Balaban J connectivity index is 1.84. The van der Waals surface area contributed by atoms with E-state index in [1.54, 1.807) is 0 Å². The van der Waals surface area contributed by atoms with E-state index in [1.807, 2.05) is 24.3 Å². The Kier molecular flexibility index (Phi) is 3.21. The van der Waals surface area contributed by atoms with Crippen LogP contribution in [0.3, 0.4) is 0 Å². The third-order valence-electron chi connectivity index (χ3n) is 3.26. The predicted octanol–water partition coefficient (Wildman–Crippen LogP) is 1.80. The molecule has 0 atom stereocenters. The molecule has 1 amide bonds. The molecule has 1 aromatic heterocycles. The maximum atomic E-state index is 11.7. The monoisotopic (exact) mass is 266 g/mol. The normalized spacial score (nSPS) is 13.8. The molecule has 1 aromatic carbocycles. The highest BCUT2D eigenvalue weighted by atomic mass is 16.2. The van der Waals surface area contributed by atoms with Gasteiger partial charge in [0.1, 0.15) is 6.07 Å². The molecule has 20 heavy (non-hydrogen) atoms. The van der Waals surface area contributed by atoms with Crippen molar-refractivity contribution in [2.45, 2.75) is 18.9 Å². The van der Waals surface area contributed by atoms with Gasteiger partial charge in [0.2, 0.25) is 5.91 Å². The SMILES string of the molecule is N#Cc1cnc2ccccc2c1NCC(=O)NC1CC1. The van der Waals surface area contributed by atoms with Crippen molar-refractivity contribution in [1.29, 1.82) is 5.26 Å². The molecule has 0 aliphatic heterocycles. The average molecular weight is 266 g/mol. The van der Waals surface area contributed by atoms with Crippen LogP contribution < -0.4 is 10.6 Å². The fourth-order valence-electron chi connectivity index (χ4n) is 2.09. The summed E-state index contributed by atoms with van der Waals surface area (Å²) in [5.41, 5.74) is 1.92. The van der Waals surface area contributed by atoms with E-state index < -0.39 is 0 Å². The number of carbonyl (C=O) groups excluding carboxylic acids is 1. The predicted molar refractivity (Wildman–Crippen MR) is 76.1 cm³/mol. The van der Waals surface area contributed by atoms with Crippen LogP contribution in [0.5, 0.6) is 0 Å². The number of nitrogens with zero attached hydrogens (tertiary/aromatic N) is 2. The summed E-state index contributed by atoms with van der Waals surface area (Å²) in [6, 6.07) is 10.0. The number of nitrogens with one attached hydrogen (secondary N) is 2. The first-order valence-electron chi connectivity index (χ1n) is 6.59. The standard InChI is InChI=1S/C15H14N4O/c16-7-10-8-17-13-4-2-1-3-12(13)15(10)18-9-14(20)19-11-5-6-11/h1-4,8,11H,5-6,9H2,(H,17,18)(H,19,20). The highest BCUT2D eigenvalue weighted by molar-refractivity contribution is 5.95. The zero-order valence-electron chi connectivity index (χ0n) is 10.9. The largest absolute Gasteiger partial charge is 0.374 e. The van der Waals surface area contributed by atoms with Gasteiger partial charge in [-0.1, -0.05) is 18.2 Å². The molecule has 100 valence electrons. The lowest BCUT2D eigenvalue weighted by molar-refractivity contribution is -0.119. The third-order valence-corrected chi connectivity index (χ3v) is 3.26. The van der Waals surface area contributed by atoms with E-state index in [2.05, 4.69) is 21.7 Å². The first-order valence-corrected chi connectivity index (χ1v) is 6.59. The second kappa shape index (κ2) is 5.17. The van der Waals surface area contributed by atoms with Crippen LogP contribution >= 0.6 is 0 Å². The number of fused-ring (bicyclic) bond motifs is 1. The smallest absolute Gasteiger partial charge is 0.239 e. The van der Waals surface area contributed by atoms with E-state index in [9.17, 15) is 4.79 Å². The number of hydrogen-bond donors (Lipinski definition) is 2. The summed E-state index contributed by atoms with van der Waals surface area (Å²) < 4.78 is 0. The molecule has 0 radical (unpaired) electrons. The van der Waals surface area contributed by atoms with E-state index in [-0.39, 0.29) is 12.5 Å². The Morgan fingerprint density at radius 1 is 1.40 bits per heavy atom. The van der Waals surface area contributed by atoms with Gasteiger partial charge < -0.3 is 10.6 Å². The van der Waals surface area contributed by atoms with E-state index in [4.69, 9.17) is 5.26 Å². The van der Waals surface area contributed by atoms with Crippen LogP contribution in [0.4, 0.5) is 5.69 Å². The summed E-state index contributed by atoms with van der Waals surface area (Å²) >= 11 is 0. The van der Waals surface area contributed by atoms with Gasteiger partial charge in [-0.3, -0.25) is 9.78 Å². The lowest BCUT2D eigenvalue weighted by Gasteiger charge is -2.11. The zero-order chi connectivity index (χ0) is 13.9. The highest BCUT2D eigenvalue weighted by Crippen LogP contribution is 2.25. The molecule has 5 heteroatoms. The molecule has 0 bridgehead atoms. The summed E-state index contributed by atoms with van der Waals surface area (Å²) in [6.07, 6.45) is 3.66. The van der Waals surface area contributed by atoms with E-state index in [0.717, 1.165) is 23.7 Å². The van der Waals surface area contributed by atoms with Gasteiger partial charge in [-0.25, -0.2) is 0 Å². The number of pyridine rings is 1. The van der Waals surface area contributed by atoms with Gasteiger partial charge in [0.05, 0.1) is 23.3 Å². The van der Waals surface area contributed by atoms with Crippen molar-refractivity contribution in [3.63, 3.8) is 0 Å². The van der Waals surface area contributed by atoms with Gasteiger partial charge >= 0.3 is 0 Å². The number of nitriles is 1. The number of hydrogen-bond acceptors (Lipinski definition) is 4. The molecule has 5 nitrogen and oxygen atoms in total. The first-order chi connectivity index (χ1) is 9.78. The molecule has 1 saturated carbocycles. The minimum absolute atomic E-state index is 0.0442. The van der Waals surface area contributed by atoms with Crippen LogP contribution in [0.25, 0.3) is 10.9 Å². The fourth-order valence-corrected chi connectivity index (χ4v) is 2.09. The molecular formula is C15H14N4O. The molecular weight excluding hydrogens is 252 g/mol. The molecule has 0 saturated heterocycles. The average Bonchev–Trinajstić information content (AvgIpc) is 3.28. The molecule has 1 aliphatic carbocycles. The topological polar surface area (TPSA) is 77.8 Å². The second-order valence-electron chi connectivity index (χ2n) is 4.87. The van der Waals surface area contributed by atoms with Gasteiger partial charge in [0.25, 0.3) is 0 Å². The molecule has 0 unspecified atom stereocenters. The number of benzene rings is 1. The van der Waals surface area contributed by atoms with Crippen molar-refractivity contribution in [3.05, 3.63) is 36.0 Å². The Bertz CT molecular complexity index is 701. The molecule has 0 spiro atoms. The minimum Gasteiger partial charge on any atom is -0.374 e. The van der Waals surface area contributed by atoms with Gasteiger partial charge in [-0.2, -0.15) is 5.26 Å². The second-order valence-corrected chi connectivity index (χ2v) is 4.87. The van der Waals surface area contributed by atoms with Crippen molar-refractivity contribution in [3.8, 4) is 6.07 Å². The van der Waals surface area contributed by atoms with Gasteiger partial charge in [0, 0.05) is 17.6 Å². The van der Waals surface area contributed by atoms with E-state index >= 15 is 0 Å². The highest BCUT2D eigenvalue weighted by Gasteiger charge is 2.23. The van der Waals surface area contributed by atoms with Crippen LogP contribution in [0.15, 0.2) is 30.5 Å². The van der Waals surface area contributed by atoms with Crippen LogP contribution in [-0.2, 0) is 4.79 Å². The molecule has 1 fully saturated rings. The van der Waals surface area contributed by atoms with Crippen LogP contribution in [0.2, 0.25) is 0 Å². The van der Waals surface area contributed by atoms with Gasteiger partial charge in [-0.15, -0.1) is 0 Å². The number of rotatable bonds is 4. The number of carbonyl (C=O) groups is 1. The van der Waals surface area contributed by atoms with Crippen LogP contribution in [0.1, 0.15) is 18.4 Å². The van der Waals surface area contributed by atoms with E-state index in [0.29, 0.717) is 17.3 Å². The molecule has 1 heterocycles. The number of anilines is 1. The molecule has 1 aliphatic rings. The van der Waals surface area contributed by atoms with Crippen molar-refractivity contribution in [2.24, 2.45) is 0 Å².